The van der Waals surface area contributed by atoms with E-state index in [1.165, 1.54) is 0 Å². The topological polar surface area (TPSA) is 68.2 Å². The maximum Gasteiger partial charge on any atom is 0.255 e. The van der Waals surface area contributed by atoms with E-state index in [9.17, 15) is 4.79 Å². The summed E-state index contributed by atoms with van der Waals surface area (Å²) in [5.74, 6) is 0.399. The SMILES string of the molecule is O=C(Nc1ccnn1Cc1ccc(Cl)cc1Cl)C1CNCCO1. The van der Waals surface area contributed by atoms with Crippen LogP contribution in [0.2, 0.25) is 10.0 Å². The highest BCUT2D eigenvalue weighted by molar-refractivity contribution is 6.35. The number of nitrogens with one attached hydrogen (secondary N) is 2. The van der Waals surface area contributed by atoms with Crippen molar-refractivity contribution in [2.24, 2.45) is 0 Å². The molecule has 6 nitrogen and oxygen atoms in total. The predicted molar refractivity (Wildman–Crippen MR) is 89.0 cm³/mol. The standard InChI is InChI=1S/C15H16Cl2N4O2/c16-11-2-1-10(12(17)7-11)9-21-14(3-4-19-21)20-15(22)13-8-18-5-6-23-13/h1-4,7,13,18H,5-6,8-9H2,(H,20,22). The zero-order valence-corrected chi connectivity index (χ0v) is 13.8. The van der Waals surface area contributed by atoms with Crippen molar-refractivity contribution in [3.8, 4) is 0 Å². The maximum absolute atomic E-state index is 12.2. The van der Waals surface area contributed by atoms with Crippen molar-refractivity contribution < 1.29 is 9.53 Å². The van der Waals surface area contributed by atoms with Crippen LogP contribution in [0.5, 0.6) is 0 Å². The number of benzene rings is 1. The van der Waals surface area contributed by atoms with Crippen LogP contribution < -0.4 is 10.6 Å². The highest BCUT2D eigenvalue weighted by atomic mass is 35.5. The summed E-state index contributed by atoms with van der Waals surface area (Å²) in [6, 6.07) is 7.03. The maximum atomic E-state index is 12.2. The molecule has 1 unspecified atom stereocenters. The first-order chi connectivity index (χ1) is 11.1. The summed E-state index contributed by atoms with van der Waals surface area (Å²) in [6.45, 7) is 2.22. The molecule has 2 heterocycles. The number of nitrogens with zero attached hydrogens (tertiary/aromatic N) is 2. The molecule has 2 N–H and O–H groups in total. The van der Waals surface area contributed by atoms with Gasteiger partial charge in [-0.15, -0.1) is 0 Å². The van der Waals surface area contributed by atoms with Gasteiger partial charge in [-0.05, 0) is 17.7 Å². The molecule has 0 saturated carbocycles. The molecule has 8 heteroatoms. The molecule has 2 aromatic rings. The van der Waals surface area contributed by atoms with Gasteiger partial charge in [0.25, 0.3) is 5.91 Å². The van der Waals surface area contributed by atoms with Crippen molar-refractivity contribution in [1.29, 1.82) is 0 Å². The lowest BCUT2D eigenvalue weighted by molar-refractivity contribution is -0.128. The molecule has 0 radical (unpaired) electrons. The average molecular weight is 355 g/mol. The molecule has 1 saturated heterocycles. The number of carbonyl (C=O) groups excluding carboxylic acids is 1. The Morgan fingerprint density at radius 2 is 2.30 bits per heavy atom. The molecule has 1 fully saturated rings. The Labute approximate surface area is 143 Å². The molecular formula is C15H16Cl2N4O2. The Bertz CT molecular complexity index is 699. The van der Waals surface area contributed by atoms with Crippen LogP contribution in [0.25, 0.3) is 0 Å². The van der Waals surface area contributed by atoms with Gasteiger partial charge in [-0.1, -0.05) is 29.3 Å². The molecule has 1 atom stereocenters. The van der Waals surface area contributed by atoms with Gasteiger partial charge in [0.1, 0.15) is 11.9 Å². The largest absolute Gasteiger partial charge is 0.366 e. The van der Waals surface area contributed by atoms with E-state index in [1.807, 2.05) is 6.07 Å². The number of rotatable bonds is 4. The summed E-state index contributed by atoms with van der Waals surface area (Å²) in [6.07, 6.45) is 1.13. The lowest BCUT2D eigenvalue weighted by Gasteiger charge is -2.22. The zero-order chi connectivity index (χ0) is 16.2. The van der Waals surface area contributed by atoms with Crippen molar-refractivity contribution >= 4 is 34.9 Å². The molecule has 1 amide bonds. The zero-order valence-electron chi connectivity index (χ0n) is 12.3. The van der Waals surface area contributed by atoms with Crippen LogP contribution in [0, 0.1) is 0 Å². The minimum Gasteiger partial charge on any atom is -0.366 e. The second kappa shape index (κ2) is 7.31. The van der Waals surface area contributed by atoms with E-state index in [4.69, 9.17) is 27.9 Å². The minimum absolute atomic E-state index is 0.193. The van der Waals surface area contributed by atoms with E-state index in [1.54, 1.807) is 29.1 Å². The van der Waals surface area contributed by atoms with Gasteiger partial charge in [-0.25, -0.2) is 4.68 Å². The van der Waals surface area contributed by atoms with Crippen LogP contribution in [0.4, 0.5) is 5.82 Å². The van der Waals surface area contributed by atoms with Gasteiger partial charge in [-0.2, -0.15) is 5.10 Å². The third-order valence-corrected chi connectivity index (χ3v) is 4.11. The number of hydrogen-bond donors (Lipinski definition) is 2. The summed E-state index contributed by atoms with van der Waals surface area (Å²) < 4.78 is 7.11. The first-order valence-electron chi connectivity index (χ1n) is 7.22. The van der Waals surface area contributed by atoms with Gasteiger partial charge in [0.15, 0.2) is 0 Å². The Kier molecular flexibility index (Phi) is 5.17. The third kappa shape index (κ3) is 4.03. The minimum atomic E-state index is -0.494. The Morgan fingerprint density at radius 3 is 3.04 bits per heavy atom. The number of halogens is 2. The number of carbonyl (C=O) groups is 1. The first kappa shape index (κ1) is 16.3. The van der Waals surface area contributed by atoms with E-state index >= 15 is 0 Å². The molecule has 3 rings (SSSR count). The van der Waals surface area contributed by atoms with Gasteiger partial charge in [0.05, 0.1) is 19.3 Å². The fourth-order valence-corrected chi connectivity index (χ4v) is 2.78. The van der Waals surface area contributed by atoms with Crippen molar-refractivity contribution in [2.45, 2.75) is 12.6 Å². The first-order valence-corrected chi connectivity index (χ1v) is 7.98. The molecule has 1 aromatic carbocycles. The fraction of sp³-hybridized carbons (Fsp3) is 0.333. The monoisotopic (exact) mass is 354 g/mol. The molecule has 1 aromatic heterocycles. The van der Waals surface area contributed by atoms with E-state index in [2.05, 4.69) is 15.7 Å². The van der Waals surface area contributed by atoms with E-state index < -0.39 is 6.10 Å². The molecular weight excluding hydrogens is 339 g/mol. The van der Waals surface area contributed by atoms with Gasteiger partial charge < -0.3 is 15.4 Å². The van der Waals surface area contributed by atoms with Crippen LogP contribution in [-0.4, -0.2) is 41.5 Å². The molecule has 122 valence electrons. The number of morpholine rings is 1. The van der Waals surface area contributed by atoms with Crippen LogP contribution in [-0.2, 0) is 16.1 Å². The van der Waals surface area contributed by atoms with E-state index in [0.717, 1.165) is 12.1 Å². The summed E-state index contributed by atoms with van der Waals surface area (Å²) >= 11 is 12.1. The number of anilines is 1. The molecule has 0 aliphatic carbocycles. The Balaban J connectivity index is 1.70. The normalized spacial score (nSPS) is 17.9. The van der Waals surface area contributed by atoms with Crippen molar-refractivity contribution in [3.63, 3.8) is 0 Å². The molecule has 0 spiro atoms. The van der Waals surface area contributed by atoms with Crippen molar-refractivity contribution in [1.82, 2.24) is 15.1 Å². The summed E-state index contributed by atoms with van der Waals surface area (Å²) in [7, 11) is 0. The summed E-state index contributed by atoms with van der Waals surface area (Å²) in [5, 5.41) is 11.3. The highest BCUT2D eigenvalue weighted by Crippen LogP contribution is 2.22. The average Bonchev–Trinajstić information content (AvgIpc) is 2.98. The summed E-state index contributed by atoms with van der Waals surface area (Å²) in [4.78, 5) is 12.2. The van der Waals surface area contributed by atoms with Crippen molar-refractivity contribution in [2.75, 3.05) is 25.0 Å². The smallest absolute Gasteiger partial charge is 0.255 e. The van der Waals surface area contributed by atoms with Crippen LogP contribution in [0.1, 0.15) is 5.56 Å². The van der Waals surface area contributed by atoms with Crippen LogP contribution in [0.3, 0.4) is 0 Å². The molecule has 23 heavy (non-hydrogen) atoms. The number of amides is 1. The molecule has 0 bridgehead atoms. The highest BCUT2D eigenvalue weighted by Gasteiger charge is 2.22. The van der Waals surface area contributed by atoms with E-state index in [0.29, 0.717) is 35.6 Å². The second-order valence-corrected chi connectivity index (χ2v) is 6.01. The third-order valence-electron chi connectivity index (χ3n) is 3.52. The molecule has 1 aliphatic heterocycles. The lowest BCUT2D eigenvalue weighted by Crippen LogP contribution is -2.45. The van der Waals surface area contributed by atoms with Crippen molar-refractivity contribution in [3.05, 3.63) is 46.1 Å². The Hall–Kier alpha value is -1.60. The van der Waals surface area contributed by atoms with Gasteiger partial charge >= 0.3 is 0 Å². The second-order valence-electron chi connectivity index (χ2n) is 5.16. The number of aromatic nitrogens is 2. The summed E-state index contributed by atoms with van der Waals surface area (Å²) in [5.41, 5.74) is 0.867. The molecule has 1 aliphatic rings. The van der Waals surface area contributed by atoms with Crippen LogP contribution >= 0.6 is 23.2 Å². The van der Waals surface area contributed by atoms with Gasteiger partial charge in [0, 0.05) is 29.2 Å². The lowest BCUT2D eigenvalue weighted by atomic mass is 10.2. The quantitative estimate of drug-likeness (QED) is 0.882. The van der Waals surface area contributed by atoms with E-state index in [-0.39, 0.29) is 5.91 Å². The fourth-order valence-electron chi connectivity index (χ4n) is 2.32. The number of hydrogen-bond acceptors (Lipinski definition) is 4. The Morgan fingerprint density at radius 1 is 1.43 bits per heavy atom. The van der Waals surface area contributed by atoms with Gasteiger partial charge in [-0.3, -0.25) is 4.79 Å². The predicted octanol–water partition coefficient (Wildman–Crippen LogP) is 2.17. The van der Waals surface area contributed by atoms with Gasteiger partial charge in [0.2, 0.25) is 0 Å². The number of ether oxygens (including phenoxy) is 1. The van der Waals surface area contributed by atoms with Crippen LogP contribution in [0.15, 0.2) is 30.5 Å².